The van der Waals surface area contributed by atoms with Crippen LogP contribution in [0.4, 0.5) is 0 Å². The molecule has 1 aromatic carbocycles. The molecule has 0 saturated carbocycles. The van der Waals surface area contributed by atoms with Crippen molar-refractivity contribution in [3.63, 3.8) is 0 Å². The van der Waals surface area contributed by atoms with Crippen LogP contribution in [0.1, 0.15) is 0 Å². The first-order valence-corrected chi connectivity index (χ1v) is 6.44. The normalized spacial score (nSPS) is 11.4. The van der Waals surface area contributed by atoms with Gasteiger partial charge in [0.1, 0.15) is 5.75 Å². The van der Waals surface area contributed by atoms with Crippen LogP contribution in [0.25, 0.3) is 0 Å². The fourth-order valence-corrected chi connectivity index (χ4v) is 2.22. The maximum Gasteiger partial charge on any atom is 0.358 e. The molecule has 2 aromatic rings. The molecule has 0 aliphatic carbocycles. The lowest BCUT2D eigenvalue weighted by Crippen LogP contribution is -2.10. The van der Waals surface area contributed by atoms with Crippen molar-refractivity contribution in [3.8, 4) is 5.75 Å². The Labute approximate surface area is 104 Å². The third-order valence-corrected chi connectivity index (χ3v) is 3.34. The molecular weight excluding hydrogens is 264 g/mol. The molecule has 0 amide bonds. The van der Waals surface area contributed by atoms with Crippen molar-refractivity contribution in [2.75, 3.05) is 0 Å². The second-order valence-electron chi connectivity index (χ2n) is 3.37. The van der Waals surface area contributed by atoms with Gasteiger partial charge in [-0.2, -0.15) is 8.42 Å². The zero-order chi connectivity index (χ0) is 12.5. The van der Waals surface area contributed by atoms with Crippen LogP contribution in [0.2, 0.25) is 5.02 Å². The molecule has 0 radical (unpaired) electrons. The molecule has 0 bridgehead atoms. The van der Waals surface area contributed by atoms with Crippen LogP contribution in [-0.4, -0.2) is 18.0 Å². The zero-order valence-electron chi connectivity index (χ0n) is 8.87. The van der Waals surface area contributed by atoms with E-state index in [0.717, 1.165) is 0 Å². The third kappa shape index (κ3) is 2.78. The highest BCUT2D eigenvalue weighted by molar-refractivity contribution is 7.87. The lowest BCUT2D eigenvalue weighted by Gasteiger charge is -2.04. The van der Waals surface area contributed by atoms with E-state index in [9.17, 15) is 8.42 Å². The van der Waals surface area contributed by atoms with Gasteiger partial charge in [-0.25, -0.2) is 4.98 Å². The second kappa shape index (κ2) is 4.38. The summed E-state index contributed by atoms with van der Waals surface area (Å²) >= 11 is 5.68. The first-order valence-electron chi connectivity index (χ1n) is 4.65. The summed E-state index contributed by atoms with van der Waals surface area (Å²) in [6.45, 7) is 0. The Hall–Kier alpha value is -1.53. The van der Waals surface area contributed by atoms with Crippen molar-refractivity contribution in [2.24, 2.45) is 7.05 Å². The smallest absolute Gasteiger partial charge is 0.358 e. The predicted octanol–water partition coefficient (Wildman–Crippen LogP) is 1.84. The average molecular weight is 273 g/mol. The summed E-state index contributed by atoms with van der Waals surface area (Å²) < 4.78 is 30.0. The molecule has 0 aliphatic rings. The van der Waals surface area contributed by atoms with Gasteiger partial charge in [-0.3, -0.25) is 0 Å². The molecule has 0 spiro atoms. The summed E-state index contributed by atoms with van der Waals surface area (Å²) in [4.78, 5) is 3.73. The van der Waals surface area contributed by atoms with E-state index in [-0.39, 0.29) is 10.8 Å². The van der Waals surface area contributed by atoms with Crippen LogP contribution in [0, 0.1) is 0 Å². The number of hydrogen-bond donors (Lipinski definition) is 0. The molecule has 0 N–H and O–H groups in total. The fourth-order valence-electron chi connectivity index (χ4n) is 1.18. The minimum absolute atomic E-state index is 0.130. The SMILES string of the molecule is Cn1cnc(S(=O)(=O)Oc2ccc(Cl)cc2)c1. The number of aryl methyl sites for hydroxylation is 1. The standard InChI is InChI=1S/C10H9ClN2O3S/c1-13-6-10(12-7-13)17(14,15)16-9-4-2-8(11)3-5-9/h2-7H,1H3. The van der Waals surface area contributed by atoms with Gasteiger partial charge >= 0.3 is 10.1 Å². The van der Waals surface area contributed by atoms with Gasteiger partial charge < -0.3 is 8.75 Å². The van der Waals surface area contributed by atoms with Crippen LogP contribution in [0.3, 0.4) is 0 Å². The van der Waals surface area contributed by atoms with Crippen molar-refractivity contribution < 1.29 is 12.6 Å². The van der Waals surface area contributed by atoms with E-state index in [2.05, 4.69) is 4.98 Å². The summed E-state index contributed by atoms with van der Waals surface area (Å²) in [5, 5.41) is 0.377. The lowest BCUT2D eigenvalue weighted by molar-refractivity contribution is 0.483. The molecule has 0 aliphatic heterocycles. The molecule has 0 saturated heterocycles. The second-order valence-corrected chi connectivity index (χ2v) is 5.30. The summed E-state index contributed by atoms with van der Waals surface area (Å²) in [5.74, 6) is 0.194. The topological polar surface area (TPSA) is 61.2 Å². The Bertz CT molecular complexity index is 619. The Balaban J connectivity index is 2.26. The van der Waals surface area contributed by atoms with E-state index < -0.39 is 10.1 Å². The number of imidazole rings is 1. The van der Waals surface area contributed by atoms with Crippen LogP contribution >= 0.6 is 11.6 Å². The van der Waals surface area contributed by atoms with Gasteiger partial charge in [-0.15, -0.1) is 0 Å². The van der Waals surface area contributed by atoms with Gasteiger partial charge in [0.15, 0.2) is 0 Å². The van der Waals surface area contributed by atoms with E-state index >= 15 is 0 Å². The number of aromatic nitrogens is 2. The van der Waals surface area contributed by atoms with Crippen molar-refractivity contribution in [1.82, 2.24) is 9.55 Å². The Kier molecular flexibility index (Phi) is 3.08. The molecule has 1 aromatic heterocycles. The highest BCUT2D eigenvalue weighted by Gasteiger charge is 2.19. The van der Waals surface area contributed by atoms with E-state index in [4.69, 9.17) is 15.8 Å². The van der Waals surface area contributed by atoms with E-state index in [1.54, 1.807) is 19.2 Å². The van der Waals surface area contributed by atoms with Crippen LogP contribution < -0.4 is 4.18 Å². The lowest BCUT2D eigenvalue weighted by atomic mass is 10.3. The van der Waals surface area contributed by atoms with Gasteiger partial charge in [0.25, 0.3) is 0 Å². The Morgan fingerprint density at radius 3 is 2.47 bits per heavy atom. The maximum absolute atomic E-state index is 11.8. The Morgan fingerprint density at radius 1 is 1.29 bits per heavy atom. The van der Waals surface area contributed by atoms with Gasteiger partial charge in [0.2, 0.25) is 5.03 Å². The minimum atomic E-state index is -3.88. The molecule has 2 rings (SSSR count). The molecule has 7 heteroatoms. The third-order valence-electron chi connectivity index (χ3n) is 1.96. The first-order chi connectivity index (χ1) is 7.97. The van der Waals surface area contributed by atoms with Crippen LogP contribution in [-0.2, 0) is 17.2 Å². The quantitative estimate of drug-likeness (QED) is 0.800. The summed E-state index contributed by atoms with van der Waals surface area (Å²) in [7, 11) is -2.21. The highest BCUT2D eigenvalue weighted by Crippen LogP contribution is 2.19. The van der Waals surface area contributed by atoms with Crippen LogP contribution in [0.5, 0.6) is 5.75 Å². The minimum Gasteiger partial charge on any atom is -0.378 e. The molecule has 1 heterocycles. The summed E-state index contributed by atoms with van der Waals surface area (Å²) in [5.41, 5.74) is 0. The van der Waals surface area contributed by atoms with E-state index in [1.807, 2.05) is 0 Å². The number of nitrogens with zero attached hydrogens (tertiary/aromatic N) is 2. The largest absolute Gasteiger partial charge is 0.378 e. The monoisotopic (exact) mass is 272 g/mol. The molecular formula is C10H9ClN2O3S. The average Bonchev–Trinajstić information content (AvgIpc) is 2.69. The molecule has 0 atom stereocenters. The van der Waals surface area contributed by atoms with Gasteiger partial charge in [0.05, 0.1) is 6.33 Å². The predicted molar refractivity (Wildman–Crippen MR) is 62.5 cm³/mol. The first kappa shape index (κ1) is 11.9. The van der Waals surface area contributed by atoms with Gasteiger partial charge in [0, 0.05) is 18.3 Å². The highest BCUT2D eigenvalue weighted by atomic mass is 35.5. The molecule has 17 heavy (non-hydrogen) atoms. The molecule has 0 fully saturated rings. The maximum atomic E-state index is 11.8. The van der Waals surface area contributed by atoms with E-state index in [0.29, 0.717) is 5.02 Å². The molecule has 5 nitrogen and oxygen atoms in total. The summed E-state index contributed by atoms with van der Waals surface area (Å²) in [6, 6.07) is 6.04. The van der Waals surface area contributed by atoms with Crippen molar-refractivity contribution in [2.45, 2.75) is 5.03 Å². The van der Waals surface area contributed by atoms with Gasteiger partial charge in [-0.05, 0) is 24.3 Å². The van der Waals surface area contributed by atoms with Crippen molar-refractivity contribution in [1.29, 1.82) is 0 Å². The molecule has 90 valence electrons. The van der Waals surface area contributed by atoms with Gasteiger partial charge in [-0.1, -0.05) is 11.6 Å². The van der Waals surface area contributed by atoms with E-state index in [1.165, 1.54) is 29.2 Å². The van der Waals surface area contributed by atoms with Crippen molar-refractivity contribution >= 4 is 21.7 Å². The van der Waals surface area contributed by atoms with Crippen LogP contribution in [0.15, 0.2) is 41.8 Å². The Morgan fingerprint density at radius 2 is 1.94 bits per heavy atom. The summed E-state index contributed by atoms with van der Waals surface area (Å²) in [6.07, 6.45) is 2.75. The fraction of sp³-hybridized carbons (Fsp3) is 0.100. The van der Waals surface area contributed by atoms with Crippen molar-refractivity contribution in [3.05, 3.63) is 41.8 Å². The number of halogens is 1. The number of rotatable bonds is 3. The number of hydrogen-bond acceptors (Lipinski definition) is 4. The number of benzene rings is 1. The zero-order valence-corrected chi connectivity index (χ0v) is 10.4. The molecule has 0 unspecified atom stereocenters.